The molecule has 2 aromatic carbocycles. The lowest BCUT2D eigenvalue weighted by Crippen LogP contribution is -2.35. The zero-order valence-corrected chi connectivity index (χ0v) is 16.2. The molecule has 0 saturated carbocycles. The highest BCUT2D eigenvalue weighted by molar-refractivity contribution is 9.10. The Morgan fingerprint density at radius 1 is 1.19 bits per heavy atom. The third-order valence-corrected chi connectivity index (χ3v) is 5.07. The van der Waals surface area contributed by atoms with Crippen LogP contribution in [0.2, 0.25) is 0 Å². The lowest BCUT2D eigenvalue weighted by molar-refractivity contribution is -0.125. The predicted molar refractivity (Wildman–Crippen MR) is 107 cm³/mol. The number of fused-ring (bicyclic) bond motifs is 1. The average molecular weight is 425 g/mol. The molecule has 1 aromatic heterocycles. The fourth-order valence-electron chi connectivity index (χ4n) is 3.17. The van der Waals surface area contributed by atoms with E-state index >= 15 is 0 Å². The predicted octanol–water partition coefficient (Wildman–Crippen LogP) is 4.14. The molecule has 7 heteroatoms. The van der Waals surface area contributed by atoms with Gasteiger partial charge in [-0.2, -0.15) is 5.10 Å². The van der Waals surface area contributed by atoms with E-state index in [1.54, 1.807) is 16.8 Å². The molecular weight excluding hydrogens is 408 g/mol. The molecule has 0 bridgehead atoms. The Bertz CT molecular complexity index is 1010. The summed E-state index contributed by atoms with van der Waals surface area (Å²) in [5, 5.41) is 10.4. The fraction of sp³-hybridized carbons (Fsp3) is 0.150. The molecule has 136 valence electrons. The molecule has 0 spiro atoms. The Morgan fingerprint density at radius 3 is 2.59 bits per heavy atom. The van der Waals surface area contributed by atoms with Crippen molar-refractivity contribution in [2.75, 3.05) is 10.6 Å². The highest BCUT2D eigenvalue weighted by Gasteiger charge is 2.34. The van der Waals surface area contributed by atoms with Crippen LogP contribution >= 0.6 is 15.9 Å². The van der Waals surface area contributed by atoms with E-state index in [0.717, 1.165) is 21.3 Å². The van der Waals surface area contributed by atoms with Crippen LogP contribution in [0, 0.1) is 6.92 Å². The molecule has 1 atom stereocenters. The van der Waals surface area contributed by atoms with E-state index in [4.69, 9.17) is 0 Å². The normalized spacial score (nSPS) is 15.8. The summed E-state index contributed by atoms with van der Waals surface area (Å²) in [5.41, 5.74) is 3.21. The van der Waals surface area contributed by atoms with Gasteiger partial charge in [-0.1, -0.05) is 46.3 Å². The number of rotatable bonds is 3. The average Bonchev–Trinajstić information content (AvgIpc) is 3.00. The van der Waals surface area contributed by atoms with E-state index in [1.165, 1.54) is 0 Å². The standard InChI is InChI=1S/C20H17BrN4O2/c1-12-18(13-5-3-2-4-6-13)24-25-16(11-17(26)23-19(12)25)20(27)22-15-9-7-14(21)8-10-15/h2-10,16H,11H2,1H3,(H,22,27)(H,23,26)/t16-/m0/s1. The minimum atomic E-state index is -0.700. The number of amides is 2. The zero-order valence-electron chi connectivity index (χ0n) is 14.6. The van der Waals surface area contributed by atoms with Crippen LogP contribution in [0.4, 0.5) is 11.5 Å². The molecule has 2 heterocycles. The van der Waals surface area contributed by atoms with Gasteiger partial charge < -0.3 is 10.6 Å². The Labute approximate surface area is 164 Å². The number of benzene rings is 2. The first-order chi connectivity index (χ1) is 13.0. The highest BCUT2D eigenvalue weighted by atomic mass is 79.9. The number of carbonyl (C=O) groups excluding carboxylic acids is 2. The minimum Gasteiger partial charge on any atom is -0.324 e. The third-order valence-electron chi connectivity index (χ3n) is 4.54. The maximum Gasteiger partial charge on any atom is 0.249 e. The number of halogens is 1. The topological polar surface area (TPSA) is 76.0 Å². The number of nitrogens with zero attached hydrogens (tertiary/aromatic N) is 2. The summed E-state index contributed by atoms with van der Waals surface area (Å²) in [6.07, 6.45) is 0.0463. The van der Waals surface area contributed by atoms with Gasteiger partial charge in [-0.15, -0.1) is 0 Å². The van der Waals surface area contributed by atoms with Crippen molar-refractivity contribution < 1.29 is 9.59 Å². The largest absolute Gasteiger partial charge is 0.324 e. The van der Waals surface area contributed by atoms with E-state index in [1.807, 2.05) is 49.4 Å². The maximum absolute atomic E-state index is 12.9. The van der Waals surface area contributed by atoms with Gasteiger partial charge in [-0.25, -0.2) is 4.68 Å². The monoisotopic (exact) mass is 424 g/mol. The molecule has 1 aliphatic rings. The second-order valence-electron chi connectivity index (χ2n) is 6.40. The Hall–Kier alpha value is -2.93. The number of aromatic nitrogens is 2. The van der Waals surface area contributed by atoms with Crippen molar-refractivity contribution in [3.8, 4) is 11.3 Å². The summed E-state index contributed by atoms with van der Waals surface area (Å²) < 4.78 is 2.54. The molecule has 2 amide bonds. The molecule has 0 unspecified atom stereocenters. The van der Waals surface area contributed by atoms with Gasteiger partial charge in [-0.3, -0.25) is 9.59 Å². The summed E-state index contributed by atoms with van der Waals surface area (Å²) >= 11 is 3.37. The molecule has 3 aromatic rings. The highest BCUT2D eigenvalue weighted by Crippen LogP contribution is 2.34. The molecule has 6 nitrogen and oxygen atoms in total. The number of nitrogens with one attached hydrogen (secondary N) is 2. The summed E-state index contributed by atoms with van der Waals surface area (Å²) in [6, 6.07) is 16.3. The smallest absolute Gasteiger partial charge is 0.249 e. The van der Waals surface area contributed by atoms with Gasteiger partial charge in [0, 0.05) is 21.3 Å². The molecule has 0 saturated heterocycles. The van der Waals surface area contributed by atoms with Crippen LogP contribution in [-0.2, 0) is 9.59 Å². The van der Waals surface area contributed by atoms with Crippen molar-refractivity contribution in [3.05, 3.63) is 64.6 Å². The molecule has 0 fully saturated rings. The maximum atomic E-state index is 12.9. The van der Waals surface area contributed by atoms with Gasteiger partial charge in [0.05, 0.1) is 12.1 Å². The van der Waals surface area contributed by atoms with Crippen LogP contribution in [0.25, 0.3) is 11.3 Å². The summed E-state index contributed by atoms with van der Waals surface area (Å²) in [7, 11) is 0. The number of anilines is 2. The third kappa shape index (κ3) is 3.38. The molecule has 0 radical (unpaired) electrons. The Kier molecular flexibility index (Phi) is 4.53. The fourth-order valence-corrected chi connectivity index (χ4v) is 3.44. The van der Waals surface area contributed by atoms with Gasteiger partial charge in [0.2, 0.25) is 11.8 Å². The first-order valence-corrected chi connectivity index (χ1v) is 9.33. The van der Waals surface area contributed by atoms with Crippen molar-refractivity contribution in [2.24, 2.45) is 0 Å². The second-order valence-corrected chi connectivity index (χ2v) is 7.31. The van der Waals surface area contributed by atoms with Gasteiger partial charge in [0.1, 0.15) is 11.9 Å². The van der Waals surface area contributed by atoms with Crippen LogP contribution in [0.5, 0.6) is 0 Å². The van der Waals surface area contributed by atoms with E-state index < -0.39 is 6.04 Å². The van der Waals surface area contributed by atoms with Crippen molar-refractivity contribution >= 4 is 39.2 Å². The van der Waals surface area contributed by atoms with E-state index in [2.05, 4.69) is 31.7 Å². The lowest BCUT2D eigenvalue weighted by Gasteiger charge is -2.24. The van der Waals surface area contributed by atoms with Crippen LogP contribution < -0.4 is 10.6 Å². The van der Waals surface area contributed by atoms with Crippen LogP contribution in [0.15, 0.2) is 59.1 Å². The van der Waals surface area contributed by atoms with Gasteiger partial charge in [0.25, 0.3) is 0 Å². The van der Waals surface area contributed by atoms with Crippen molar-refractivity contribution in [3.63, 3.8) is 0 Å². The Morgan fingerprint density at radius 2 is 1.89 bits per heavy atom. The van der Waals surface area contributed by atoms with Crippen molar-refractivity contribution in [1.29, 1.82) is 0 Å². The van der Waals surface area contributed by atoms with Crippen LogP contribution in [-0.4, -0.2) is 21.6 Å². The second kappa shape index (κ2) is 7.00. The first-order valence-electron chi connectivity index (χ1n) is 8.54. The van der Waals surface area contributed by atoms with Gasteiger partial charge in [0.15, 0.2) is 0 Å². The van der Waals surface area contributed by atoms with E-state index in [0.29, 0.717) is 11.5 Å². The Balaban J connectivity index is 1.69. The zero-order chi connectivity index (χ0) is 19.0. The number of hydrogen-bond donors (Lipinski definition) is 2. The molecule has 27 heavy (non-hydrogen) atoms. The number of carbonyl (C=O) groups is 2. The molecule has 1 aliphatic heterocycles. The molecule has 0 aliphatic carbocycles. The van der Waals surface area contributed by atoms with Crippen molar-refractivity contribution in [1.82, 2.24) is 9.78 Å². The van der Waals surface area contributed by atoms with Gasteiger partial charge >= 0.3 is 0 Å². The quantitative estimate of drug-likeness (QED) is 0.662. The molecular formula is C20H17BrN4O2. The van der Waals surface area contributed by atoms with Crippen LogP contribution in [0.3, 0.4) is 0 Å². The van der Waals surface area contributed by atoms with E-state index in [-0.39, 0.29) is 18.2 Å². The molecule has 2 N–H and O–H groups in total. The molecule has 4 rings (SSSR count). The summed E-state index contributed by atoms with van der Waals surface area (Å²) in [5.74, 6) is 0.109. The van der Waals surface area contributed by atoms with Gasteiger partial charge in [-0.05, 0) is 31.2 Å². The SMILES string of the molecule is Cc1c(-c2ccccc2)nn2c1NC(=O)C[C@H]2C(=O)Nc1ccc(Br)cc1. The van der Waals surface area contributed by atoms with Crippen molar-refractivity contribution in [2.45, 2.75) is 19.4 Å². The number of hydrogen-bond acceptors (Lipinski definition) is 3. The minimum absolute atomic E-state index is 0.0463. The van der Waals surface area contributed by atoms with E-state index in [9.17, 15) is 9.59 Å². The summed E-state index contributed by atoms with van der Waals surface area (Å²) in [4.78, 5) is 25.1. The summed E-state index contributed by atoms with van der Waals surface area (Å²) in [6.45, 7) is 1.90. The first kappa shape index (κ1) is 17.5. The lowest BCUT2D eigenvalue weighted by atomic mass is 10.1. The van der Waals surface area contributed by atoms with Crippen LogP contribution in [0.1, 0.15) is 18.0 Å².